The summed E-state index contributed by atoms with van der Waals surface area (Å²) < 4.78 is 5.15. The van der Waals surface area contributed by atoms with E-state index in [9.17, 15) is 4.79 Å². The lowest BCUT2D eigenvalue weighted by Crippen LogP contribution is -2.60. The van der Waals surface area contributed by atoms with Gasteiger partial charge >= 0.3 is 5.97 Å². The summed E-state index contributed by atoms with van der Waals surface area (Å²) in [6, 6.07) is 1.60. The third-order valence-electron chi connectivity index (χ3n) is 5.35. The van der Waals surface area contributed by atoms with Gasteiger partial charge in [0.2, 0.25) is 0 Å². The van der Waals surface area contributed by atoms with E-state index in [1.165, 1.54) is 26.4 Å². The zero-order valence-corrected chi connectivity index (χ0v) is 14.2. The fourth-order valence-electron chi connectivity index (χ4n) is 3.88. The highest BCUT2D eigenvalue weighted by atomic mass is 16.5. The first-order valence-electron chi connectivity index (χ1n) is 8.68. The van der Waals surface area contributed by atoms with Crippen molar-refractivity contribution in [1.82, 2.24) is 10.2 Å². The molecule has 1 N–H and O–H groups in total. The van der Waals surface area contributed by atoms with E-state index >= 15 is 0 Å². The molecule has 2 rings (SSSR count). The zero-order chi connectivity index (χ0) is 15.5. The molecule has 0 radical (unpaired) electrons. The third kappa shape index (κ3) is 3.78. The van der Waals surface area contributed by atoms with Crippen LogP contribution in [0, 0.1) is 0 Å². The number of hydrogen-bond donors (Lipinski definition) is 1. The normalized spacial score (nSPS) is 31.2. The molecular weight excluding hydrogens is 264 g/mol. The summed E-state index contributed by atoms with van der Waals surface area (Å²) in [7, 11) is 1.52. The summed E-state index contributed by atoms with van der Waals surface area (Å²) in [6.07, 6.45) is 7.68. The maximum atomic E-state index is 12.4. The molecule has 3 atom stereocenters. The van der Waals surface area contributed by atoms with Crippen LogP contribution in [-0.2, 0) is 9.53 Å². The van der Waals surface area contributed by atoms with Gasteiger partial charge in [0.25, 0.3) is 0 Å². The van der Waals surface area contributed by atoms with E-state index in [-0.39, 0.29) is 5.97 Å². The number of ether oxygens (including phenoxy) is 1. The highest BCUT2D eigenvalue weighted by molar-refractivity contribution is 5.81. The van der Waals surface area contributed by atoms with E-state index in [0.29, 0.717) is 18.1 Å². The topological polar surface area (TPSA) is 41.6 Å². The predicted molar refractivity (Wildman–Crippen MR) is 85.3 cm³/mol. The van der Waals surface area contributed by atoms with Gasteiger partial charge in [0.15, 0.2) is 0 Å². The SMILES string of the molecule is CCC(C)N(CC)C1CCCC(NC2CC2)(C(=O)OC)C1. The van der Waals surface area contributed by atoms with Gasteiger partial charge in [0.05, 0.1) is 7.11 Å². The van der Waals surface area contributed by atoms with E-state index in [1.807, 2.05) is 0 Å². The Morgan fingerprint density at radius 2 is 2.10 bits per heavy atom. The molecule has 0 spiro atoms. The maximum Gasteiger partial charge on any atom is 0.326 e. The van der Waals surface area contributed by atoms with Crippen molar-refractivity contribution in [3.05, 3.63) is 0 Å². The standard InChI is InChI=1S/C17H32N2O2/c1-5-13(3)19(6-2)15-8-7-11-17(12-15,16(20)21-4)18-14-9-10-14/h13-15,18H,5-12H2,1-4H3. The van der Waals surface area contributed by atoms with Crippen LogP contribution in [-0.4, -0.2) is 48.2 Å². The second-order valence-corrected chi connectivity index (χ2v) is 6.83. The van der Waals surface area contributed by atoms with Crippen LogP contribution in [0.4, 0.5) is 0 Å². The molecule has 21 heavy (non-hydrogen) atoms. The molecule has 2 aliphatic rings. The van der Waals surface area contributed by atoms with Crippen molar-refractivity contribution in [3.63, 3.8) is 0 Å². The lowest BCUT2D eigenvalue weighted by atomic mass is 9.77. The molecule has 0 saturated heterocycles. The van der Waals surface area contributed by atoms with Crippen molar-refractivity contribution in [1.29, 1.82) is 0 Å². The smallest absolute Gasteiger partial charge is 0.326 e. The van der Waals surface area contributed by atoms with Gasteiger partial charge in [-0.1, -0.05) is 13.8 Å². The number of hydrogen-bond acceptors (Lipinski definition) is 4. The Morgan fingerprint density at radius 1 is 1.38 bits per heavy atom. The van der Waals surface area contributed by atoms with Crippen molar-refractivity contribution in [2.45, 2.75) is 89.4 Å². The summed E-state index contributed by atoms with van der Waals surface area (Å²) in [5.74, 6) is -0.0562. The number of nitrogens with zero attached hydrogens (tertiary/aromatic N) is 1. The van der Waals surface area contributed by atoms with Gasteiger partial charge in [-0.3, -0.25) is 15.0 Å². The van der Waals surface area contributed by atoms with Crippen molar-refractivity contribution in [2.75, 3.05) is 13.7 Å². The monoisotopic (exact) mass is 296 g/mol. The number of methoxy groups -OCH3 is 1. The molecule has 4 nitrogen and oxygen atoms in total. The van der Waals surface area contributed by atoms with Crippen LogP contribution >= 0.6 is 0 Å². The number of nitrogens with one attached hydrogen (secondary N) is 1. The minimum atomic E-state index is -0.445. The first-order chi connectivity index (χ1) is 10.1. The molecule has 3 unspecified atom stereocenters. The van der Waals surface area contributed by atoms with Gasteiger partial charge in [-0.15, -0.1) is 0 Å². The molecule has 0 bridgehead atoms. The Hall–Kier alpha value is -0.610. The molecule has 0 aliphatic heterocycles. The van der Waals surface area contributed by atoms with Gasteiger partial charge in [-0.2, -0.15) is 0 Å². The highest BCUT2D eigenvalue weighted by Crippen LogP contribution is 2.36. The second-order valence-electron chi connectivity index (χ2n) is 6.83. The average Bonchev–Trinajstić information content (AvgIpc) is 3.31. The number of carbonyl (C=O) groups excluding carboxylic acids is 1. The second kappa shape index (κ2) is 7.10. The molecule has 0 heterocycles. The summed E-state index contributed by atoms with van der Waals surface area (Å²) in [5.41, 5.74) is -0.445. The molecule has 0 amide bonds. The highest BCUT2D eigenvalue weighted by Gasteiger charge is 2.47. The molecule has 2 saturated carbocycles. The summed E-state index contributed by atoms with van der Waals surface area (Å²) in [5, 5.41) is 3.62. The van der Waals surface area contributed by atoms with E-state index in [1.54, 1.807) is 0 Å². The van der Waals surface area contributed by atoms with Crippen LogP contribution in [0.2, 0.25) is 0 Å². The zero-order valence-electron chi connectivity index (χ0n) is 14.2. The number of rotatable bonds is 7. The Balaban J connectivity index is 2.12. The first kappa shape index (κ1) is 16.8. The molecule has 0 aromatic heterocycles. The minimum Gasteiger partial charge on any atom is -0.468 e. The molecule has 122 valence electrons. The Kier molecular flexibility index (Phi) is 5.67. The van der Waals surface area contributed by atoms with Crippen LogP contribution in [0.1, 0.15) is 65.7 Å². The quantitative estimate of drug-likeness (QED) is 0.734. The Labute approximate surface area is 129 Å². The van der Waals surface area contributed by atoms with Crippen LogP contribution in [0.5, 0.6) is 0 Å². The minimum absolute atomic E-state index is 0.0562. The summed E-state index contributed by atoms with van der Waals surface area (Å²) in [4.78, 5) is 15.0. The van der Waals surface area contributed by atoms with Crippen molar-refractivity contribution < 1.29 is 9.53 Å². The van der Waals surface area contributed by atoms with E-state index in [2.05, 4.69) is 31.0 Å². The molecule has 4 heteroatoms. The van der Waals surface area contributed by atoms with E-state index < -0.39 is 5.54 Å². The van der Waals surface area contributed by atoms with Gasteiger partial charge in [0.1, 0.15) is 5.54 Å². The van der Waals surface area contributed by atoms with Gasteiger partial charge in [-0.05, 0) is 58.4 Å². The molecule has 0 aromatic rings. The van der Waals surface area contributed by atoms with Crippen LogP contribution < -0.4 is 5.32 Å². The van der Waals surface area contributed by atoms with Crippen LogP contribution in [0.25, 0.3) is 0 Å². The van der Waals surface area contributed by atoms with E-state index in [4.69, 9.17) is 4.74 Å². The molecule has 2 aliphatic carbocycles. The van der Waals surface area contributed by atoms with Gasteiger partial charge in [-0.25, -0.2) is 0 Å². The van der Waals surface area contributed by atoms with Crippen LogP contribution in [0.3, 0.4) is 0 Å². The van der Waals surface area contributed by atoms with Gasteiger partial charge in [0, 0.05) is 18.1 Å². The maximum absolute atomic E-state index is 12.4. The van der Waals surface area contributed by atoms with Crippen molar-refractivity contribution in [2.24, 2.45) is 0 Å². The Bertz CT molecular complexity index is 357. The third-order valence-corrected chi connectivity index (χ3v) is 5.35. The Morgan fingerprint density at radius 3 is 2.62 bits per heavy atom. The summed E-state index contributed by atoms with van der Waals surface area (Å²) in [6.45, 7) is 7.83. The van der Waals surface area contributed by atoms with Crippen molar-refractivity contribution in [3.8, 4) is 0 Å². The first-order valence-corrected chi connectivity index (χ1v) is 8.68. The number of esters is 1. The van der Waals surface area contributed by atoms with Crippen LogP contribution in [0.15, 0.2) is 0 Å². The molecule has 2 fully saturated rings. The fourth-order valence-corrected chi connectivity index (χ4v) is 3.88. The largest absolute Gasteiger partial charge is 0.468 e. The van der Waals surface area contributed by atoms with Gasteiger partial charge < -0.3 is 4.74 Å². The van der Waals surface area contributed by atoms with Crippen molar-refractivity contribution >= 4 is 5.97 Å². The fraction of sp³-hybridized carbons (Fsp3) is 0.941. The lowest BCUT2D eigenvalue weighted by molar-refractivity contribution is -0.151. The summed E-state index contributed by atoms with van der Waals surface area (Å²) >= 11 is 0. The lowest BCUT2D eigenvalue weighted by Gasteiger charge is -2.45. The molecular formula is C17H32N2O2. The predicted octanol–water partition coefficient (Wildman–Crippen LogP) is 2.71. The average molecular weight is 296 g/mol. The number of carbonyl (C=O) groups is 1. The molecule has 0 aromatic carbocycles. The van der Waals surface area contributed by atoms with E-state index in [0.717, 1.165) is 32.2 Å².